The van der Waals surface area contributed by atoms with Crippen molar-refractivity contribution in [3.8, 4) is 0 Å². The maximum absolute atomic E-state index is 12.8. The van der Waals surface area contributed by atoms with Crippen LogP contribution < -0.4 is 5.32 Å². The molecule has 2 heterocycles. The number of aromatic nitrogens is 2. The SMILES string of the molecule is CC1(C)CN(CC(=O)Nc2ncc(F)cn2)C(=O)c2ccc(Br)cc21. The summed E-state index contributed by atoms with van der Waals surface area (Å²) >= 11 is 3.43. The van der Waals surface area contributed by atoms with Crippen LogP contribution in [0.2, 0.25) is 0 Å². The molecular formula is C17H16BrFN4O2. The molecule has 0 saturated carbocycles. The van der Waals surface area contributed by atoms with Gasteiger partial charge in [-0.2, -0.15) is 0 Å². The predicted octanol–water partition coefficient (Wildman–Crippen LogP) is 2.75. The molecule has 0 aliphatic carbocycles. The monoisotopic (exact) mass is 406 g/mol. The number of hydrogen-bond donors (Lipinski definition) is 1. The predicted molar refractivity (Wildman–Crippen MR) is 93.7 cm³/mol. The Morgan fingerprint density at radius 1 is 1.36 bits per heavy atom. The van der Waals surface area contributed by atoms with Crippen molar-refractivity contribution in [2.24, 2.45) is 0 Å². The second-order valence-electron chi connectivity index (χ2n) is 6.51. The lowest BCUT2D eigenvalue weighted by atomic mass is 9.78. The van der Waals surface area contributed by atoms with E-state index < -0.39 is 11.7 Å². The molecule has 1 N–H and O–H groups in total. The van der Waals surface area contributed by atoms with E-state index in [1.54, 1.807) is 6.07 Å². The standard InChI is InChI=1S/C17H16BrFN4O2/c1-17(2)9-23(15(25)12-4-3-10(18)5-13(12)17)8-14(24)22-16-20-6-11(19)7-21-16/h3-7H,8-9H2,1-2H3,(H,20,21,22,24). The lowest BCUT2D eigenvalue weighted by molar-refractivity contribution is -0.117. The average molecular weight is 407 g/mol. The number of rotatable bonds is 3. The van der Waals surface area contributed by atoms with E-state index in [2.05, 4.69) is 31.2 Å². The Morgan fingerprint density at radius 3 is 2.72 bits per heavy atom. The van der Waals surface area contributed by atoms with Crippen molar-refractivity contribution >= 4 is 33.7 Å². The minimum atomic E-state index is -0.589. The number of carbonyl (C=O) groups is 2. The molecule has 0 fully saturated rings. The molecule has 0 saturated heterocycles. The summed E-state index contributed by atoms with van der Waals surface area (Å²) in [7, 11) is 0. The second kappa shape index (κ2) is 6.51. The van der Waals surface area contributed by atoms with Crippen LogP contribution in [0.4, 0.5) is 10.3 Å². The molecule has 1 aliphatic heterocycles. The molecule has 3 rings (SSSR count). The van der Waals surface area contributed by atoms with E-state index in [0.717, 1.165) is 22.4 Å². The van der Waals surface area contributed by atoms with Gasteiger partial charge in [-0.25, -0.2) is 14.4 Å². The molecule has 1 aliphatic rings. The van der Waals surface area contributed by atoms with Gasteiger partial charge in [-0.05, 0) is 23.8 Å². The van der Waals surface area contributed by atoms with Crippen LogP contribution in [0.5, 0.6) is 0 Å². The molecule has 2 amide bonds. The van der Waals surface area contributed by atoms with Crippen LogP contribution in [-0.4, -0.2) is 39.8 Å². The summed E-state index contributed by atoms with van der Waals surface area (Å²) in [6.07, 6.45) is 1.93. The summed E-state index contributed by atoms with van der Waals surface area (Å²) in [5, 5.41) is 2.47. The molecule has 1 aromatic carbocycles. The number of nitrogens with one attached hydrogen (secondary N) is 1. The van der Waals surface area contributed by atoms with Gasteiger partial charge >= 0.3 is 0 Å². The first-order valence-corrected chi connectivity index (χ1v) is 8.42. The highest BCUT2D eigenvalue weighted by Crippen LogP contribution is 2.34. The first kappa shape index (κ1) is 17.5. The van der Waals surface area contributed by atoms with Crippen molar-refractivity contribution in [1.82, 2.24) is 14.9 Å². The number of nitrogens with zero attached hydrogens (tertiary/aromatic N) is 3. The van der Waals surface area contributed by atoms with E-state index in [9.17, 15) is 14.0 Å². The number of amides is 2. The van der Waals surface area contributed by atoms with Crippen LogP contribution in [-0.2, 0) is 10.2 Å². The highest BCUT2D eigenvalue weighted by atomic mass is 79.9. The molecule has 130 valence electrons. The van der Waals surface area contributed by atoms with Gasteiger partial charge in [0.25, 0.3) is 5.91 Å². The Morgan fingerprint density at radius 2 is 2.04 bits per heavy atom. The van der Waals surface area contributed by atoms with E-state index >= 15 is 0 Å². The molecule has 1 aromatic heterocycles. The van der Waals surface area contributed by atoms with Gasteiger partial charge in [-0.3, -0.25) is 14.9 Å². The van der Waals surface area contributed by atoms with Crippen molar-refractivity contribution in [1.29, 1.82) is 0 Å². The van der Waals surface area contributed by atoms with Gasteiger partial charge in [0.2, 0.25) is 11.9 Å². The zero-order valence-corrected chi connectivity index (χ0v) is 15.3. The Kier molecular flexibility index (Phi) is 4.55. The van der Waals surface area contributed by atoms with Crippen LogP contribution in [0, 0.1) is 5.82 Å². The van der Waals surface area contributed by atoms with Gasteiger partial charge in [-0.1, -0.05) is 29.8 Å². The third-order valence-electron chi connectivity index (χ3n) is 4.02. The average Bonchev–Trinajstić information content (AvgIpc) is 2.54. The van der Waals surface area contributed by atoms with Gasteiger partial charge in [0, 0.05) is 22.0 Å². The normalized spacial score (nSPS) is 15.7. The molecule has 25 heavy (non-hydrogen) atoms. The van der Waals surface area contributed by atoms with E-state index in [1.807, 2.05) is 26.0 Å². The van der Waals surface area contributed by atoms with E-state index in [0.29, 0.717) is 12.1 Å². The number of anilines is 1. The molecule has 0 unspecified atom stereocenters. The third-order valence-corrected chi connectivity index (χ3v) is 4.51. The fraction of sp³-hybridized carbons (Fsp3) is 0.294. The van der Waals surface area contributed by atoms with Crippen molar-refractivity contribution in [2.45, 2.75) is 19.3 Å². The van der Waals surface area contributed by atoms with Gasteiger partial charge < -0.3 is 4.90 Å². The van der Waals surface area contributed by atoms with Gasteiger partial charge in [0.1, 0.15) is 6.54 Å². The minimum absolute atomic E-state index is 0.000510. The number of benzene rings is 1. The van der Waals surface area contributed by atoms with Crippen LogP contribution in [0.15, 0.2) is 35.1 Å². The molecule has 0 spiro atoms. The fourth-order valence-corrected chi connectivity index (χ4v) is 3.27. The van der Waals surface area contributed by atoms with Crippen LogP contribution in [0.25, 0.3) is 0 Å². The Hall–Kier alpha value is -2.35. The molecule has 6 nitrogen and oxygen atoms in total. The Balaban J connectivity index is 1.77. The quantitative estimate of drug-likeness (QED) is 0.849. The van der Waals surface area contributed by atoms with Crippen molar-refractivity contribution in [2.75, 3.05) is 18.4 Å². The van der Waals surface area contributed by atoms with E-state index in [1.165, 1.54) is 4.90 Å². The highest BCUT2D eigenvalue weighted by Gasteiger charge is 2.37. The molecule has 8 heteroatoms. The van der Waals surface area contributed by atoms with E-state index in [4.69, 9.17) is 0 Å². The van der Waals surface area contributed by atoms with Crippen molar-refractivity contribution in [3.05, 3.63) is 52.0 Å². The van der Waals surface area contributed by atoms with Crippen LogP contribution in [0.3, 0.4) is 0 Å². The van der Waals surface area contributed by atoms with Gasteiger partial charge in [0.15, 0.2) is 5.82 Å². The number of fused-ring (bicyclic) bond motifs is 1. The largest absolute Gasteiger partial charge is 0.328 e. The first-order chi connectivity index (χ1) is 11.8. The lowest BCUT2D eigenvalue weighted by Crippen LogP contribution is -2.49. The van der Waals surface area contributed by atoms with E-state index in [-0.39, 0.29) is 23.8 Å². The highest BCUT2D eigenvalue weighted by molar-refractivity contribution is 9.10. The third kappa shape index (κ3) is 3.68. The minimum Gasteiger partial charge on any atom is -0.328 e. The molecule has 0 radical (unpaired) electrons. The van der Waals surface area contributed by atoms with Crippen molar-refractivity contribution in [3.63, 3.8) is 0 Å². The fourth-order valence-electron chi connectivity index (χ4n) is 2.91. The van der Waals surface area contributed by atoms with Gasteiger partial charge in [-0.15, -0.1) is 0 Å². The number of halogens is 2. The molecular weight excluding hydrogens is 391 g/mol. The lowest BCUT2D eigenvalue weighted by Gasteiger charge is -2.39. The summed E-state index contributed by atoms with van der Waals surface area (Å²) < 4.78 is 13.7. The zero-order chi connectivity index (χ0) is 18.2. The zero-order valence-electron chi connectivity index (χ0n) is 13.7. The molecule has 0 bridgehead atoms. The Labute approximate surface area is 152 Å². The summed E-state index contributed by atoms with van der Waals surface area (Å²) in [6.45, 7) is 4.34. The number of hydrogen-bond acceptors (Lipinski definition) is 4. The van der Waals surface area contributed by atoms with Crippen LogP contribution >= 0.6 is 15.9 Å². The van der Waals surface area contributed by atoms with Crippen molar-refractivity contribution < 1.29 is 14.0 Å². The first-order valence-electron chi connectivity index (χ1n) is 7.63. The van der Waals surface area contributed by atoms with Gasteiger partial charge in [0.05, 0.1) is 12.4 Å². The maximum Gasteiger partial charge on any atom is 0.254 e. The topological polar surface area (TPSA) is 75.2 Å². The number of carbonyl (C=O) groups excluding carboxylic acids is 2. The van der Waals surface area contributed by atoms with Crippen LogP contribution in [0.1, 0.15) is 29.8 Å². The second-order valence-corrected chi connectivity index (χ2v) is 7.42. The summed E-state index contributed by atoms with van der Waals surface area (Å²) in [6, 6.07) is 5.51. The molecule has 0 atom stereocenters. The summed E-state index contributed by atoms with van der Waals surface area (Å²) in [5.74, 6) is -1.22. The maximum atomic E-state index is 12.8. The summed E-state index contributed by atoms with van der Waals surface area (Å²) in [4.78, 5) is 33.8. The summed E-state index contributed by atoms with van der Waals surface area (Å²) in [5.41, 5.74) is 1.25. The molecule has 2 aromatic rings. The smallest absolute Gasteiger partial charge is 0.254 e. The Bertz CT molecular complexity index is 839.